The SMILES string of the molecule is CCCCCn1c(-c2cccc3[nH]c(=S)n(CCCC)c23)nc2cc(C(=O)OC)ccc21. The van der Waals surface area contributed by atoms with E-state index in [1.165, 1.54) is 7.11 Å². The number of aromatic amines is 1. The number of hydrogen-bond acceptors (Lipinski definition) is 4. The Labute approximate surface area is 193 Å². The van der Waals surface area contributed by atoms with Gasteiger partial charge in [-0.1, -0.05) is 39.2 Å². The number of aryl methyl sites for hydroxylation is 2. The van der Waals surface area contributed by atoms with Crippen molar-refractivity contribution in [3.05, 3.63) is 46.7 Å². The fourth-order valence-corrected chi connectivity index (χ4v) is 4.55. The highest BCUT2D eigenvalue weighted by molar-refractivity contribution is 7.71. The Bertz CT molecular complexity index is 1310. The molecular weight excluding hydrogens is 420 g/mol. The minimum absolute atomic E-state index is 0.352. The number of para-hydroxylation sites is 1. The molecule has 32 heavy (non-hydrogen) atoms. The predicted octanol–water partition coefficient (Wildman–Crippen LogP) is 6.49. The van der Waals surface area contributed by atoms with Crippen LogP contribution in [0.3, 0.4) is 0 Å². The van der Waals surface area contributed by atoms with Gasteiger partial charge in [0.1, 0.15) is 5.82 Å². The van der Waals surface area contributed by atoms with Gasteiger partial charge in [-0.05, 0) is 55.4 Å². The quantitative estimate of drug-likeness (QED) is 0.180. The number of imidazole rings is 2. The number of hydrogen-bond donors (Lipinski definition) is 1. The summed E-state index contributed by atoms with van der Waals surface area (Å²) in [4.78, 5) is 20.5. The smallest absolute Gasteiger partial charge is 0.337 e. The number of rotatable bonds is 9. The number of nitrogens with one attached hydrogen (secondary N) is 1. The molecule has 0 saturated heterocycles. The van der Waals surface area contributed by atoms with Crippen molar-refractivity contribution in [2.75, 3.05) is 7.11 Å². The number of H-pyrrole nitrogens is 1. The molecule has 0 fully saturated rings. The lowest BCUT2D eigenvalue weighted by atomic mass is 10.1. The Morgan fingerprint density at radius 3 is 2.59 bits per heavy atom. The second-order valence-electron chi connectivity index (χ2n) is 8.13. The highest BCUT2D eigenvalue weighted by atomic mass is 32.1. The zero-order chi connectivity index (χ0) is 22.7. The van der Waals surface area contributed by atoms with Crippen molar-refractivity contribution in [1.82, 2.24) is 19.1 Å². The summed E-state index contributed by atoms with van der Waals surface area (Å²) in [5.41, 5.74) is 5.49. The van der Waals surface area contributed by atoms with Crippen molar-refractivity contribution in [3.63, 3.8) is 0 Å². The lowest BCUT2D eigenvalue weighted by Crippen LogP contribution is -2.04. The van der Waals surface area contributed by atoms with Crippen LogP contribution in [0.4, 0.5) is 0 Å². The fourth-order valence-electron chi connectivity index (χ4n) is 4.26. The van der Waals surface area contributed by atoms with Crippen molar-refractivity contribution in [2.24, 2.45) is 0 Å². The number of carbonyl (C=O) groups excluding carboxylic acids is 1. The lowest BCUT2D eigenvalue weighted by molar-refractivity contribution is 0.0601. The molecule has 0 aliphatic heterocycles. The maximum Gasteiger partial charge on any atom is 0.337 e. The van der Waals surface area contributed by atoms with Crippen LogP contribution >= 0.6 is 12.2 Å². The van der Waals surface area contributed by atoms with E-state index in [9.17, 15) is 4.79 Å². The van der Waals surface area contributed by atoms with Crippen LogP contribution in [0.25, 0.3) is 33.5 Å². The van der Waals surface area contributed by atoms with Crippen LogP contribution < -0.4 is 0 Å². The summed E-state index contributed by atoms with van der Waals surface area (Å²) in [5.74, 6) is 0.554. The Morgan fingerprint density at radius 1 is 1.06 bits per heavy atom. The fraction of sp³-hybridized carbons (Fsp3) is 0.400. The van der Waals surface area contributed by atoms with E-state index in [1.54, 1.807) is 0 Å². The van der Waals surface area contributed by atoms with Crippen LogP contribution in [-0.4, -0.2) is 32.2 Å². The number of esters is 1. The molecule has 4 aromatic rings. The van der Waals surface area contributed by atoms with Gasteiger partial charge in [0.25, 0.3) is 0 Å². The molecule has 0 amide bonds. The largest absolute Gasteiger partial charge is 0.465 e. The Morgan fingerprint density at radius 2 is 1.84 bits per heavy atom. The molecule has 4 rings (SSSR count). The first-order valence-electron chi connectivity index (χ1n) is 11.4. The second kappa shape index (κ2) is 9.69. The monoisotopic (exact) mass is 450 g/mol. The molecule has 0 aliphatic rings. The molecule has 2 aromatic carbocycles. The first-order chi connectivity index (χ1) is 15.6. The van der Waals surface area contributed by atoms with Crippen molar-refractivity contribution >= 4 is 40.3 Å². The third kappa shape index (κ3) is 4.09. The third-order valence-corrected chi connectivity index (χ3v) is 6.25. The topological polar surface area (TPSA) is 64.8 Å². The summed E-state index contributed by atoms with van der Waals surface area (Å²) in [6, 6.07) is 11.8. The molecule has 0 radical (unpaired) electrons. The molecule has 168 valence electrons. The average Bonchev–Trinajstić information content (AvgIpc) is 3.33. The van der Waals surface area contributed by atoms with Crippen LogP contribution in [0, 0.1) is 4.77 Å². The number of benzene rings is 2. The van der Waals surface area contributed by atoms with Crippen molar-refractivity contribution in [2.45, 2.75) is 59.0 Å². The number of fused-ring (bicyclic) bond motifs is 2. The first kappa shape index (κ1) is 22.3. The molecule has 0 bridgehead atoms. The van der Waals surface area contributed by atoms with Gasteiger partial charge in [0.2, 0.25) is 0 Å². The molecule has 2 aromatic heterocycles. The number of aromatic nitrogens is 4. The third-order valence-electron chi connectivity index (χ3n) is 5.92. The van der Waals surface area contributed by atoms with Crippen LogP contribution in [0.1, 0.15) is 56.3 Å². The molecule has 0 unspecified atom stereocenters. The number of nitrogens with zero attached hydrogens (tertiary/aromatic N) is 3. The van der Waals surface area contributed by atoms with E-state index in [-0.39, 0.29) is 5.97 Å². The Kier molecular flexibility index (Phi) is 6.74. The first-order valence-corrected chi connectivity index (χ1v) is 11.8. The molecule has 0 aliphatic carbocycles. The average molecular weight is 451 g/mol. The molecule has 0 atom stereocenters. The summed E-state index contributed by atoms with van der Waals surface area (Å²) < 4.78 is 10.1. The Balaban J connectivity index is 1.94. The van der Waals surface area contributed by atoms with Gasteiger partial charge in [-0.25, -0.2) is 9.78 Å². The van der Waals surface area contributed by atoms with Gasteiger partial charge in [-0.2, -0.15) is 0 Å². The standard InChI is InChI=1S/C25H30N4O2S/c1-4-6-8-15-28-21-13-12-17(24(30)31-3)16-20(21)26-23(28)18-10-9-11-19-22(18)29(14-7-5-2)25(32)27-19/h9-13,16H,4-8,14-15H2,1-3H3,(H,27,32). The summed E-state index contributed by atoms with van der Waals surface area (Å²) in [6.07, 6.45) is 5.53. The van der Waals surface area contributed by atoms with Crippen LogP contribution in [0.5, 0.6) is 0 Å². The minimum Gasteiger partial charge on any atom is -0.465 e. The highest BCUT2D eigenvalue weighted by Crippen LogP contribution is 2.32. The van der Waals surface area contributed by atoms with Gasteiger partial charge in [-0.15, -0.1) is 0 Å². The van der Waals surface area contributed by atoms with Gasteiger partial charge in [0, 0.05) is 18.7 Å². The summed E-state index contributed by atoms with van der Waals surface area (Å²) in [7, 11) is 1.40. The maximum atomic E-state index is 12.1. The van der Waals surface area contributed by atoms with Crippen LogP contribution in [0.15, 0.2) is 36.4 Å². The van der Waals surface area contributed by atoms with Crippen molar-refractivity contribution < 1.29 is 9.53 Å². The number of methoxy groups -OCH3 is 1. The molecule has 2 heterocycles. The predicted molar refractivity (Wildman–Crippen MR) is 132 cm³/mol. The minimum atomic E-state index is -0.352. The van der Waals surface area contributed by atoms with Gasteiger partial charge in [0.05, 0.1) is 34.7 Å². The van der Waals surface area contributed by atoms with Gasteiger partial charge in [-0.3, -0.25) is 0 Å². The van der Waals surface area contributed by atoms with E-state index < -0.39 is 0 Å². The molecule has 1 N–H and O–H groups in total. The van der Waals surface area contributed by atoms with E-state index in [2.05, 4.69) is 40.1 Å². The number of unbranched alkanes of at least 4 members (excludes halogenated alkanes) is 3. The van der Waals surface area contributed by atoms with Crippen molar-refractivity contribution in [1.29, 1.82) is 0 Å². The normalized spacial score (nSPS) is 11.5. The molecular formula is C25H30N4O2S. The Hall–Kier alpha value is -2.93. The van der Waals surface area contributed by atoms with Crippen LogP contribution in [-0.2, 0) is 17.8 Å². The summed E-state index contributed by atoms with van der Waals surface area (Å²) in [6.45, 7) is 6.13. The van der Waals surface area contributed by atoms with E-state index in [1.807, 2.05) is 24.3 Å². The summed E-state index contributed by atoms with van der Waals surface area (Å²) >= 11 is 5.65. The zero-order valence-corrected chi connectivity index (χ0v) is 19.8. The van der Waals surface area contributed by atoms with E-state index >= 15 is 0 Å². The van der Waals surface area contributed by atoms with E-state index in [4.69, 9.17) is 21.9 Å². The number of ether oxygens (including phenoxy) is 1. The van der Waals surface area contributed by atoms with Crippen molar-refractivity contribution in [3.8, 4) is 11.4 Å². The second-order valence-corrected chi connectivity index (χ2v) is 8.51. The molecule has 6 nitrogen and oxygen atoms in total. The van der Waals surface area contributed by atoms with E-state index in [0.717, 1.165) is 83.4 Å². The van der Waals surface area contributed by atoms with E-state index in [0.29, 0.717) is 5.56 Å². The zero-order valence-electron chi connectivity index (χ0n) is 19.0. The van der Waals surface area contributed by atoms with Gasteiger partial charge in [0.15, 0.2) is 4.77 Å². The van der Waals surface area contributed by atoms with Gasteiger partial charge < -0.3 is 18.9 Å². The highest BCUT2D eigenvalue weighted by Gasteiger charge is 2.19. The molecule has 0 saturated carbocycles. The lowest BCUT2D eigenvalue weighted by Gasteiger charge is -2.12. The van der Waals surface area contributed by atoms with Gasteiger partial charge >= 0.3 is 5.97 Å². The number of carbonyl (C=O) groups is 1. The molecule has 0 spiro atoms. The summed E-state index contributed by atoms with van der Waals surface area (Å²) in [5, 5.41) is 0. The maximum absolute atomic E-state index is 12.1. The van der Waals surface area contributed by atoms with Crippen LogP contribution in [0.2, 0.25) is 0 Å². The molecule has 7 heteroatoms.